The highest BCUT2D eigenvalue weighted by atomic mass is 16.5. The average molecular weight is 203 g/mol. The lowest BCUT2D eigenvalue weighted by Crippen LogP contribution is -2.13. The number of allylic oxidation sites excluding steroid dienone is 1. The SMILES string of the molecule is COc1ccc2c(c1)C=C(NC=O)CC2. The van der Waals surface area contributed by atoms with Gasteiger partial charge >= 0.3 is 0 Å². The van der Waals surface area contributed by atoms with Crippen molar-refractivity contribution in [2.45, 2.75) is 12.8 Å². The molecule has 0 saturated heterocycles. The Morgan fingerprint density at radius 2 is 2.27 bits per heavy atom. The van der Waals surface area contributed by atoms with Gasteiger partial charge in [0, 0.05) is 5.70 Å². The van der Waals surface area contributed by atoms with Crippen LogP contribution in [-0.2, 0) is 11.2 Å². The van der Waals surface area contributed by atoms with E-state index in [1.807, 2.05) is 18.2 Å². The number of benzene rings is 1. The normalized spacial score (nSPS) is 13.8. The van der Waals surface area contributed by atoms with Crippen molar-refractivity contribution < 1.29 is 9.53 Å². The summed E-state index contributed by atoms with van der Waals surface area (Å²) in [6.45, 7) is 0. The molecule has 0 aliphatic heterocycles. The van der Waals surface area contributed by atoms with Crippen molar-refractivity contribution in [3.63, 3.8) is 0 Å². The zero-order valence-corrected chi connectivity index (χ0v) is 8.62. The summed E-state index contributed by atoms with van der Waals surface area (Å²) in [5.74, 6) is 0.845. The van der Waals surface area contributed by atoms with Crippen LogP contribution in [0.4, 0.5) is 0 Å². The van der Waals surface area contributed by atoms with E-state index in [1.165, 1.54) is 5.56 Å². The van der Waals surface area contributed by atoms with E-state index in [1.54, 1.807) is 7.11 Å². The largest absolute Gasteiger partial charge is 0.497 e. The Hall–Kier alpha value is -1.77. The Morgan fingerprint density at radius 3 is 3.00 bits per heavy atom. The Bertz CT molecular complexity index is 410. The number of ether oxygens (including phenoxy) is 1. The van der Waals surface area contributed by atoms with E-state index in [0.717, 1.165) is 36.3 Å². The van der Waals surface area contributed by atoms with Gasteiger partial charge < -0.3 is 10.1 Å². The Labute approximate surface area is 88.8 Å². The molecular formula is C12H13NO2. The molecule has 3 nitrogen and oxygen atoms in total. The van der Waals surface area contributed by atoms with E-state index in [4.69, 9.17) is 4.74 Å². The average Bonchev–Trinajstić information content (AvgIpc) is 2.28. The number of fused-ring (bicyclic) bond motifs is 1. The first-order valence-electron chi connectivity index (χ1n) is 4.91. The standard InChI is InChI=1S/C12H13NO2/c1-15-12-5-3-9-2-4-11(13-8-14)6-10(9)7-12/h3,5-8H,2,4H2,1H3,(H,13,14). The minimum atomic E-state index is 0.719. The smallest absolute Gasteiger partial charge is 0.211 e. The molecule has 0 atom stereocenters. The van der Waals surface area contributed by atoms with Crippen LogP contribution in [0.15, 0.2) is 23.9 Å². The van der Waals surface area contributed by atoms with Gasteiger partial charge in [-0.25, -0.2) is 0 Å². The zero-order valence-electron chi connectivity index (χ0n) is 8.62. The molecular weight excluding hydrogens is 190 g/mol. The predicted molar refractivity (Wildman–Crippen MR) is 58.5 cm³/mol. The summed E-state index contributed by atoms with van der Waals surface area (Å²) in [6.07, 6.45) is 4.57. The molecule has 78 valence electrons. The topological polar surface area (TPSA) is 38.3 Å². The van der Waals surface area contributed by atoms with E-state index in [9.17, 15) is 4.79 Å². The van der Waals surface area contributed by atoms with Crippen molar-refractivity contribution in [2.75, 3.05) is 7.11 Å². The van der Waals surface area contributed by atoms with Gasteiger partial charge in [-0.05, 0) is 42.2 Å². The number of hydrogen-bond donors (Lipinski definition) is 1. The molecule has 0 bridgehead atoms. The summed E-state index contributed by atoms with van der Waals surface area (Å²) >= 11 is 0. The van der Waals surface area contributed by atoms with E-state index in [0.29, 0.717) is 0 Å². The molecule has 2 rings (SSSR count). The number of hydrogen-bond acceptors (Lipinski definition) is 2. The maximum Gasteiger partial charge on any atom is 0.211 e. The third-order valence-corrected chi connectivity index (χ3v) is 2.59. The highest BCUT2D eigenvalue weighted by Gasteiger charge is 2.10. The van der Waals surface area contributed by atoms with Crippen LogP contribution in [0.25, 0.3) is 6.08 Å². The highest BCUT2D eigenvalue weighted by molar-refractivity contribution is 5.64. The number of amides is 1. The van der Waals surface area contributed by atoms with Crippen LogP contribution in [0.5, 0.6) is 5.75 Å². The van der Waals surface area contributed by atoms with Crippen LogP contribution in [0, 0.1) is 0 Å². The third kappa shape index (κ3) is 2.01. The van der Waals surface area contributed by atoms with Crippen LogP contribution in [0.3, 0.4) is 0 Å². The predicted octanol–water partition coefficient (Wildman–Crippen LogP) is 1.73. The fraction of sp³-hybridized carbons (Fsp3) is 0.250. The molecule has 3 heteroatoms. The molecule has 1 amide bonds. The van der Waals surface area contributed by atoms with Gasteiger partial charge in [-0.1, -0.05) is 6.07 Å². The first-order valence-corrected chi connectivity index (χ1v) is 4.91. The van der Waals surface area contributed by atoms with Gasteiger partial charge in [0.25, 0.3) is 0 Å². The summed E-state index contributed by atoms with van der Waals surface area (Å²) in [6, 6.07) is 6.02. The van der Waals surface area contributed by atoms with Gasteiger partial charge in [-0.3, -0.25) is 4.79 Å². The number of methoxy groups -OCH3 is 1. The summed E-state index contributed by atoms with van der Waals surface area (Å²) in [4.78, 5) is 10.3. The second kappa shape index (κ2) is 4.17. The lowest BCUT2D eigenvalue weighted by molar-refractivity contribution is -0.108. The number of aryl methyl sites for hydroxylation is 1. The third-order valence-electron chi connectivity index (χ3n) is 2.59. The second-order valence-corrected chi connectivity index (χ2v) is 3.50. The second-order valence-electron chi connectivity index (χ2n) is 3.50. The fourth-order valence-corrected chi connectivity index (χ4v) is 1.78. The minimum absolute atomic E-state index is 0.719. The van der Waals surface area contributed by atoms with Crippen molar-refractivity contribution >= 4 is 12.5 Å². The van der Waals surface area contributed by atoms with Crippen LogP contribution in [0.1, 0.15) is 17.5 Å². The van der Waals surface area contributed by atoms with Crippen molar-refractivity contribution in [2.24, 2.45) is 0 Å². The van der Waals surface area contributed by atoms with Crippen LogP contribution in [0.2, 0.25) is 0 Å². The maximum absolute atomic E-state index is 10.3. The molecule has 15 heavy (non-hydrogen) atoms. The lowest BCUT2D eigenvalue weighted by atomic mass is 9.95. The van der Waals surface area contributed by atoms with E-state index < -0.39 is 0 Å². The van der Waals surface area contributed by atoms with Gasteiger partial charge in [0.15, 0.2) is 0 Å². The minimum Gasteiger partial charge on any atom is -0.497 e. The highest BCUT2D eigenvalue weighted by Crippen LogP contribution is 2.26. The van der Waals surface area contributed by atoms with Gasteiger partial charge in [-0.2, -0.15) is 0 Å². The van der Waals surface area contributed by atoms with Crippen molar-refractivity contribution in [3.8, 4) is 5.75 Å². The molecule has 0 spiro atoms. The molecule has 1 aliphatic carbocycles. The molecule has 0 heterocycles. The molecule has 1 aliphatic rings. The molecule has 1 aromatic carbocycles. The van der Waals surface area contributed by atoms with Gasteiger partial charge in [0.05, 0.1) is 7.11 Å². The first-order chi connectivity index (χ1) is 7.33. The summed E-state index contributed by atoms with van der Waals surface area (Å²) < 4.78 is 5.16. The quantitative estimate of drug-likeness (QED) is 0.760. The molecule has 1 N–H and O–H groups in total. The summed E-state index contributed by atoms with van der Waals surface area (Å²) in [5, 5.41) is 2.70. The Morgan fingerprint density at radius 1 is 1.40 bits per heavy atom. The number of nitrogens with one attached hydrogen (secondary N) is 1. The van der Waals surface area contributed by atoms with Crippen molar-refractivity contribution in [3.05, 3.63) is 35.0 Å². The zero-order chi connectivity index (χ0) is 10.7. The van der Waals surface area contributed by atoms with Gasteiger partial charge in [0.2, 0.25) is 6.41 Å². The summed E-state index contributed by atoms with van der Waals surface area (Å²) in [5.41, 5.74) is 3.39. The monoisotopic (exact) mass is 203 g/mol. The molecule has 0 unspecified atom stereocenters. The number of carbonyl (C=O) groups is 1. The van der Waals surface area contributed by atoms with Gasteiger partial charge in [-0.15, -0.1) is 0 Å². The van der Waals surface area contributed by atoms with Crippen LogP contribution >= 0.6 is 0 Å². The van der Waals surface area contributed by atoms with Crippen LogP contribution in [-0.4, -0.2) is 13.5 Å². The molecule has 0 aromatic heterocycles. The lowest BCUT2D eigenvalue weighted by Gasteiger charge is -2.16. The number of rotatable bonds is 3. The fourth-order valence-electron chi connectivity index (χ4n) is 1.78. The van der Waals surface area contributed by atoms with E-state index >= 15 is 0 Å². The first kappa shape index (κ1) is 9.77. The molecule has 0 saturated carbocycles. The van der Waals surface area contributed by atoms with Crippen molar-refractivity contribution in [1.82, 2.24) is 5.32 Å². The van der Waals surface area contributed by atoms with Crippen molar-refractivity contribution in [1.29, 1.82) is 0 Å². The van der Waals surface area contributed by atoms with Crippen LogP contribution < -0.4 is 10.1 Å². The Kier molecular flexibility index (Phi) is 2.72. The molecule has 1 aromatic rings. The maximum atomic E-state index is 10.3. The summed E-state index contributed by atoms with van der Waals surface area (Å²) in [7, 11) is 1.65. The molecule has 0 radical (unpaired) electrons. The van der Waals surface area contributed by atoms with E-state index in [2.05, 4.69) is 11.4 Å². The molecule has 0 fully saturated rings. The van der Waals surface area contributed by atoms with Gasteiger partial charge in [0.1, 0.15) is 5.75 Å². The number of carbonyl (C=O) groups excluding carboxylic acids is 1. The van der Waals surface area contributed by atoms with E-state index in [-0.39, 0.29) is 0 Å². The Balaban J connectivity index is 2.34.